The molecule has 5 nitrogen and oxygen atoms in total. The number of hydrogen-bond donors (Lipinski definition) is 2. The first kappa shape index (κ1) is 11.4. The first-order chi connectivity index (χ1) is 8.19. The van der Waals surface area contributed by atoms with Gasteiger partial charge in [-0.3, -0.25) is 0 Å². The Morgan fingerprint density at radius 3 is 2.94 bits per heavy atom. The van der Waals surface area contributed by atoms with Crippen molar-refractivity contribution in [3.8, 4) is 0 Å². The molecule has 5 heteroatoms. The van der Waals surface area contributed by atoms with Gasteiger partial charge in [-0.25, -0.2) is 9.97 Å². The van der Waals surface area contributed by atoms with Crippen LogP contribution in [0.1, 0.15) is 31.5 Å². The monoisotopic (exact) mass is 232 g/mol. The lowest BCUT2D eigenvalue weighted by Gasteiger charge is -2.12. The molecule has 0 amide bonds. The lowest BCUT2D eigenvalue weighted by Crippen LogP contribution is -2.09. The second-order valence-electron chi connectivity index (χ2n) is 3.83. The number of nitrogen functional groups attached to an aromatic ring is 1. The van der Waals surface area contributed by atoms with Crippen LogP contribution < -0.4 is 11.1 Å². The largest absolute Gasteiger partial charge is 0.467 e. The van der Waals surface area contributed by atoms with Crippen molar-refractivity contribution >= 4 is 11.6 Å². The molecule has 0 saturated carbocycles. The summed E-state index contributed by atoms with van der Waals surface area (Å²) in [6.07, 6.45) is 2.41. The van der Waals surface area contributed by atoms with Gasteiger partial charge in [0.2, 0.25) is 0 Å². The summed E-state index contributed by atoms with van der Waals surface area (Å²) in [5.74, 6) is 2.80. The molecule has 2 rings (SSSR count). The predicted molar refractivity (Wildman–Crippen MR) is 66.6 cm³/mol. The van der Waals surface area contributed by atoms with Crippen molar-refractivity contribution in [2.24, 2.45) is 0 Å². The summed E-state index contributed by atoms with van der Waals surface area (Å²) in [5, 5.41) is 3.23. The van der Waals surface area contributed by atoms with Crippen LogP contribution in [-0.4, -0.2) is 9.97 Å². The Bertz CT molecular complexity index is 481. The second kappa shape index (κ2) is 4.86. The average Bonchev–Trinajstić information content (AvgIpc) is 2.81. The topological polar surface area (TPSA) is 77.0 Å². The van der Waals surface area contributed by atoms with Gasteiger partial charge in [-0.05, 0) is 19.1 Å². The van der Waals surface area contributed by atoms with E-state index in [2.05, 4.69) is 15.3 Å². The van der Waals surface area contributed by atoms with Crippen LogP contribution in [0.15, 0.2) is 28.9 Å². The highest BCUT2D eigenvalue weighted by Gasteiger charge is 2.09. The number of nitrogens with two attached hydrogens (primary N) is 1. The minimum Gasteiger partial charge on any atom is -0.467 e. The molecule has 90 valence electrons. The van der Waals surface area contributed by atoms with Gasteiger partial charge in [-0.1, -0.05) is 6.92 Å². The first-order valence-electron chi connectivity index (χ1n) is 5.62. The SMILES string of the molecule is CCc1nc(N)cc(NC(C)c2ccco2)n1. The van der Waals surface area contributed by atoms with E-state index < -0.39 is 0 Å². The van der Waals surface area contributed by atoms with Crippen LogP contribution in [0.25, 0.3) is 0 Å². The Morgan fingerprint density at radius 2 is 2.29 bits per heavy atom. The van der Waals surface area contributed by atoms with Crippen LogP contribution in [0.5, 0.6) is 0 Å². The fraction of sp³-hybridized carbons (Fsp3) is 0.333. The molecule has 1 unspecified atom stereocenters. The van der Waals surface area contributed by atoms with Crippen LogP contribution in [0.3, 0.4) is 0 Å². The molecule has 2 heterocycles. The average molecular weight is 232 g/mol. The number of anilines is 2. The van der Waals surface area contributed by atoms with E-state index >= 15 is 0 Å². The highest BCUT2D eigenvalue weighted by Crippen LogP contribution is 2.19. The van der Waals surface area contributed by atoms with Crippen molar-refractivity contribution in [3.05, 3.63) is 36.0 Å². The maximum Gasteiger partial charge on any atom is 0.132 e. The minimum atomic E-state index is 0.0454. The number of aromatic nitrogens is 2. The van der Waals surface area contributed by atoms with Crippen LogP contribution >= 0.6 is 0 Å². The van der Waals surface area contributed by atoms with Crippen molar-refractivity contribution in [2.45, 2.75) is 26.3 Å². The van der Waals surface area contributed by atoms with Crippen molar-refractivity contribution in [3.63, 3.8) is 0 Å². The van der Waals surface area contributed by atoms with Gasteiger partial charge in [0, 0.05) is 12.5 Å². The Hall–Kier alpha value is -2.04. The number of hydrogen-bond acceptors (Lipinski definition) is 5. The maximum absolute atomic E-state index is 5.71. The Labute approximate surface area is 100 Å². The van der Waals surface area contributed by atoms with Crippen molar-refractivity contribution < 1.29 is 4.42 Å². The lowest BCUT2D eigenvalue weighted by atomic mass is 10.2. The number of nitrogens with one attached hydrogen (secondary N) is 1. The molecule has 3 N–H and O–H groups in total. The van der Waals surface area contributed by atoms with Crippen LogP contribution in [-0.2, 0) is 6.42 Å². The first-order valence-corrected chi connectivity index (χ1v) is 5.62. The van der Waals surface area contributed by atoms with Crippen molar-refractivity contribution in [1.29, 1.82) is 0 Å². The van der Waals surface area contributed by atoms with Crippen LogP contribution in [0, 0.1) is 0 Å². The molecule has 2 aromatic rings. The van der Waals surface area contributed by atoms with Gasteiger partial charge in [0.15, 0.2) is 0 Å². The molecule has 2 aromatic heterocycles. The quantitative estimate of drug-likeness (QED) is 0.846. The third-order valence-electron chi connectivity index (χ3n) is 2.44. The van der Waals surface area contributed by atoms with Crippen LogP contribution in [0.4, 0.5) is 11.6 Å². The smallest absolute Gasteiger partial charge is 0.132 e. The summed E-state index contributed by atoms with van der Waals surface area (Å²) >= 11 is 0. The molecule has 0 fully saturated rings. The predicted octanol–water partition coefficient (Wildman–Crippen LogP) is 2.39. The second-order valence-corrected chi connectivity index (χ2v) is 3.83. The molecular formula is C12H16N4O. The van der Waals surface area contributed by atoms with Gasteiger partial charge in [0.1, 0.15) is 23.2 Å². The standard InChI is InChI=1S/C12H16N4O/c1-3-11-15-10(13)7-12(16-11)14-8(2)9-5-4-6-17-9/h4-8H,3H2,1-2H3,(H3,13,14,15,16). The van der Waals surface area contributed by atoms with E-state index in [1.807, 2.05) is 26.0 Å². The molecule has 0 aromatic carbocycles. The van der Waals surface area contributed by atoms with Gasteiger partial charge in [-0.2, -0.15) is 0 Å². The number of nitrogens with zero attached hydrogens (tertiary/aromatic N) is 2. The van der Waals surface area contributed by atoms with Gasteiger partial charge in [0.25, 0.3) is 0 Å². The van der Waals surface area contributed by atoms with E-state index in [0.29, 0.717) is 5.82 Å². The third kappa shape index (κ3) is 2.75. The summed E-state index contributed by atoms with van der Waals surface area (Å²) in [6.45, 7) is 4.00. The van der Waals surface area contributed by atoms with E-state index in [9.17, 15) is 0 Å². The summed E-state index contributed by atoms with van der Waals surface area (Å²) in [6, 6.07) is 5.55. The van der Waals surface area contributed by atoms with E-state index in [0.717, 1.165) is 23.8 Å². The molecule has 0 radical (unpaired) electrons. The third-order valence-corrected chi connectivity index (χ3v) is 2.44. The van der Waals surface area contributed by atoms with Crippen LogP contribution in [0.2, 0.25) is 0 Å². The van der Waals surface area contributed by atoms with E-state index in [4.69, 9.17) is 10.2 Å². The molecule has 0 aliphatic heterocycles. The molecule has 1 atom stereocenters. The van der Waals surface area contributed by atoms with Crippen molar-refractivity contribution in [1.82, 2.24) is 9.97 Å². The summed E-state index contributed by atoms with van der Waals surface area (Å²) in [4.78, 5) is 8.48. The molecule has 0 bridgehead atoms. The maximum atomic E-state index is 5.71. The minimum absolute atomic E-state index is 0.0454. The molecule has 0 saturated heterocycles. The fourth-order valence-electron chi connectivity index (χ4n) is 1.58. The summed E-state index contributed by atoms with van der Waals surface area (Å²) in [7, 11) is 0. The Morgan fingerprint density at radius 1 is 1.47 bits per heavy atom. The number of aryl methyl sites for hydroxylation is 1. The summed E-state index contributed by atoms with van der Waals surface area (Å²) in [5.41, 5.74) is 5.71. The molecule has 17 heavy (non-hydrogen) atoms. The zero-order valence-corrected chi connectivity index (χ0v) is 9.97. The van der Waals surface area contributed by atoms with Gasteiger partial charge >= 0.3 is 0 Å². The van der Waals surface area contributed by atoms with Crippen molar-refractivity contribution in [2.75, 3.05) is 11.1 Å². The molecule has 0 spiro atoms. The Balaban J connectivity index is 2.15. The normalized spacial score (nSPS) is 12.4. The zero-order valence-electron chi connectivity index (χ0n) is 9.97. The molecule has 0 aliphatic rings. The van der Waals surface area contributed by atoms with E-state index in [-0.39, 0.29) is 6.04 Å². The molecule has 0 aliphatic carbocycles. The van der Waals surface area contributed by atoms with Gasteiger partial charge < -0.3 is 15.5 Å². The number of rotatable bonds is 4. The highest BCUT2D eigenvalue weighted by atomic mass is 16.3. The Kier molecular flexibility index (Phi) is 3.27. The van der Waals surface area contributed by atoms with Gasteiger partial charge in [-0.15, -0.1) is 0 Å². The fourth-order valence-corrected chi connectivity index (χ4v) is 1.58. The lowest BCUT2D eigenvalue weighted by molar-refractivity contribution is 0.490. The number of furan rings is 1. The van der Waals surface area contributed by atoms with E-state index in [1.165, 1.54) is 0 Å². The van der Waals surface area contributed by atoms with E-state index in [1.54, 1.807) is 12.3 Å². The molecular weight excluding hydrogens is 216 g/mol. The van der Waals surface area contributed by atoms with Gasteiger partial charge in [0.05, 0.1) is 12.3 Å². The zero-order chi connectivity index (χ0) is 12.3. The summed E-state index contributed by atoms with van der Waals surface area (Å²) < 4.78 is 5.32. The highest BCUT2D eigenvalue weighted by molar-refractivity contribution is 5.45.